The summed E-state index contributed by atoms with van der Waals surface area (Å²) < 4.78 is 13.7. The van der Waals surface area contributed by atoms with Gasteiger partial charge in [0.05, 0.1) is 18.8 Å². The van der Waals surface area contributed by atoms with Gasteiger partial charge in [-0.1, -0.05) is 24.3 Å². The van der Waals surface area contributed by atoms with Crippen molar-refractivity contribution in [3.63, 3.8) is 0 Å². The van der Waals surface area contributed by atoms with Gasteiger partial charge in [-0.3, -0.25) is 0 Å². The van der Waals surface area contributed by atoms with Crippen LogP contribution in [-0.2, 0) is 28.3 Å². The van der Waals surface area contributed by atoms with Crippen molar-refractivity contribution in [2.75, 3.05) is 0 Å². The lowest BCUT2D eigenvalue weighted by atomic mass is 9.89. The highest BCUT2D eigenvalue weighted by Gasteiger charge is 2.47. The monoisotopic (exact) mass is 380 g/mol. The van der Waals surface area contributed by atoms with Crippen LogP contribution in [0.3, 0.4) is 0 Å². The van der Waals surface area contributed by atoms with Gasteiger partial charge >= 0.3 is 0 Å². The molecule has 0 aliphatic carbocycles. The molecule has 0 saturated carbocycles. The van der Waals surface area contributed by atoms with E-state index in [1.807, 2.05) is 18.3 Å². The van der Waals surface area contributed by atoms with Crippen LogP contribution in [0.1, 0.15) is 46.9 Å². The number of thiophene rings is 1. The topological polar surface area (TPSA) is 38.7 Å². The minimum absolute atomic E-state index is 0.00736. The van der Waals surface area contributed by atoms with E-state index in [9.17, 15) is 5.11 Å². The zero-order valence-corrected chi connectivity index (χ0v) is 16.5. The molecule has 0 bridgehead atoms. The van der Waals surface area contributed by atoms with Gasteiger partial charge in [-0.25, -0.2) is 0 Å². The maximum Gasteiger partial charge on any atom is 0.198 e. The van der Waals surface area contributed by atoms with Crippen LogP contribution in [0, 0.1) is 6.92 Å². The predicted octanol–water partition coefficient (Wildman–Crippen LogP) is 5.04. The first-order valence-electron chi connectivity index (χ1n) is 9.62. The molecule has 2 unspecified atom stereocenters. The molecule has 3 atom stereocenters. The Hall–Kier alpha value is -1.72. The van der Waals surface area contributed by atoms with Gasteiger partial charge in [-0.15, -0.1) is 11.3 Å². The Morgan fingerprint density at radius 2 is 2.07 bits per heavy atom. The van der Waals surface area contributed by atoms with E-state index in [0.717, 1.165) is 12.0 Å². The van der Waals surface area contributed by atoms with Crippen LogP contribution in [-0.4, -0.2) is 17.3 Å². The van der Waals surface area contributed by atoms with Crippen molar-refractivity contribution in [1.82, 2.24) is 0 Å². The largest absolute Gasteiger partial charge is 0.393 e. The molecule has 4 heteroatoms. The SMILES string of the molecule is Cc1cc2c(cc1Cc1cc3ccccc3s1)[C@]1(CC(O)CC(C)O1)OC2. The number of rotatable bonds is 2. The minimum atomic E-state index is -0.783. The van der Waals surface area contributed by atoms with Gasteiger partial charge in [0.25, 0.3) is 0 Å². The molecule has 1 fully saturated rings. The lowest BCUT2D eigenvalue weighted by molar-refractivity contribution is -0.295. The molecular weight excluding hydrogens is 356 g/mol. The third-order valence-corrected chi connectivity index (χ3v) is 6.89. The average Bonchev–Trinajstić information content (AvgIpc) is 3.16. The quantitative estimate of drug-likeness (QED) is 0.677. The lowest BCUT2D eigenvalue weighted by Crippen LogP contribution is -2.43. The third-order valence-electron chi connectivity index (χ3n) is 5.77. The Balaban J connectivity index is 1.52. The number of ether oxygens (including phenoxy) is 2. The first-order valence-corrected chi connectivity index (χ1v) is 10.4. The standard InChI is InChI=1S/C23H24O3S/c1-14-7-18-13-25-23(12-19(24)8-15(2)26-23)21(18)11-17(14)10-20-9-16-5-3-4-6-22(16)27-20/h3-7,9,11,15,19,24H,8,10,12-13H2,1-2H3/t15?,19?,23-/m1/s1. The van der Waals surface area contributed by atoms with Crippen LogP contribution < -0.4 is 0 Å². The molecule has 2 aliphatic heterocycles. The highest BCUT2D eigenvalue weighted by Crippen LogP contribution is 2.46. The molecular formula is C23H24O3S. The molecule has 0 amide bonds. The van der Waals surface area contributed by atoms with E-state index in [1.165, 1.54) is 31.7 Å². The average molecular weight is 381 g/mol. The Morgan fingerprint density at radius 3 is 2.89 bits per heavy atom. The molecule has 140 valence electrons. The number of fused-ring (bicyclic) bond motifs is 3. The number of aryl methyl sites for hydroxylation is 1. The number of aliphatic hydroxyl groups is 1. The van der Waals surface area contributed by atoms with E-state index in [4.69, 9.17) is 9.47 Å². The Bertz CT molecular complexity index is 963. The normalized spacial score (nSPS) is 27.4. The molecule has 2 aliphatic rings. The first-order chi connectivity index (χ1) is 13.0. The second-order valence-corrected chi connectivity index (χ2v) is 9.10. The molecule has 1 N–H and O–H groups in total. The molecule has 3 aromatic rings. The summed E-state index contributed by atoms with van der Waals surface area (Å²) in [6.07, 6.45) is 1.70. The van der Waals surface area contributed by atoms with Crippen molar-refractivity contribution < 1.29 is 14.6 Å². The van der Waals surface area contributed by atoms with Gasteiger partial charge in [0.2, 0.25) is 0 Å². The molecule has 1 aromatic heterocycles. The van der Waals surface area contributed by atoms with Crippen molar-refractivity contribution in [2.24, 2.45) is 0 Å². The molecule has 2 aromatic carbocycles. The number of benzene rings is 2. The molecule has 0 radical (unpaired) electrons. The summed E-state index contributed by atoms with van der Waals surface area (Å²) in [5, 5.41) is 11.6. The van der Waals surface area contributed by atoms with Crippen LogP contribution in [0.15, 0.2) is 42.5 Å². The summed E-state index contributed by atoms with van der Waals surface area (Å²) in [6.45, 7) is 4.74. The summed E-state index contributed by atoms with van der Waals surface area (Å²) in [4.78, 5) is 1.37. The highest BCUT2D eigenvalue weighted by molar-refractivity contribution is 7.19. The molecule has 3 nitrogen and oxygen atoms in total. The van der Waals surface area contributed by atoms with E-state index in [0.29, 0.717) is 19.4 Å². The molecule has 5 rings (SSSR count). The van der Waals surface area contributed by atoms with Gasteiger partial charge in [-0.05, 0) is 60.5 Å². The second-order valence-electron chi connectivity index (χ2n) is 7.93. The molecule has 1 spiro atoms. The molecule has 3 heterocycles. The van der Waals surface area contributed by atoms with Gasteiger partial charge in [0.15, 0.2) is 5.79 Å². The van der Waals surface area contributed by atoms with Crippen molar-refractivity contribution >= 4 is 21.4 Å². The van der Waals surface area contributed by atoms with E-state index < -0.39 is 5.79 Å². The zero-order valence-electron chi connectivity index (χ0n) is 15.7. The fourth-order valence-corrected chi connectivity index (χ4v) is 5.61. The maximum atomic E-state index is 10.3. The second kappa shape index (κ2) is 6.42. The fraction of sp³-hybridized carbons (Fsp3) is 0.391. The van der Waals surface area contributed by atoms with Gasteiger partial charge < -0.3 is 14.6 Å². The van der Waals surface area contributed by atoms with Crippen LogP contribution in [0.5, 0.6) is 0 Å². The zero-order chi connectivity index (χ0) is 18.6. The third kappa shape index (κ3) is 3.01. The van der Waals surface area contributed by atoms with E-state index in [-0.39, 0.29) is 12.2 Å². The van der Waals surface area contributed by atoms with Crippen LogP contribution in [0.2, 0.25) is 0 Å². The van der Waals surface area contributed by atoms with E-state index in [1.54, 1.807) is 0 Å². The van der Waals surface area contributed by atoms with Gasteiger partial charge in [0.1, 0.15) is 0 Å². The summed E-state index contributed by atoms with van der Waals surface area (Å²) in [7, 11) is 0. The van der Waals surface area contributed by atoms with E-state index >= 15 is 0 Å². The number of aliphatic hydroxyl groups excluding tert-OH is 1. The smallest absolute Gasteiger partial charge is 0.198 e. The molecule has 1 saturated heterocycles. The Labute approximate surface area is 163 Å². The summed E-state index contributed by atoms with van der Waals surface area (Å²) in [5.41, 5.74) is 4.89. The lowest BCUT2D eigenvalue weighted by Gasteiger charge is -2.39. The fourth-order valence-electron chi connectivity index (χ4n) is 4.53. The van der Waals surface area contributed by atoms with Crippen LogP contribution in [0.25, 0.3) is 10.1 Å². The van der Waals surface area contributed by atoms with Crippen molar-refractivity contribution in [2.45, 2.75) is 57.7 Å². The van der Waals surface area contributed by atoms with Crippen LogP contribution in [0.4, 0.5) is 0 Å². The van der Waals surface area contributed by atoms with Gasteiger partial charge in [0, 0.05) is 28.0 Å². The van der Waals surface area contributed by atoms with Crippen molar-refractivity contribution in [3.05, 3.63) is 69.6 Å². The first kappa shape index (κ1) is 17.4. The summed E-state index contributed by atoms with van der Waals surface area (Å²) in [5.74, 6) is -0.783. The predicted molar refractivity (Wildman–Crippen MR) is 108 cm³/mol. The number of hydrogen-bond acceptors (Lipinski definition) is 4. The van der Waals surface area contributed by atoms with E-state index in [2.05, 4.69) is 49.4 Å². The molecule has 27 heavy (non-hydrogen) atoms. The highest BCUT2D eigenvalue weighted by atomic mass is 32.1. The van der Waals surface area contributed by atoms with Crippen molar-refractivity contribution in [3.8, 4) is 0 Å². The van der Waals surface area contributed by atoms with Gasteiger partial charge in [-0.2, -0.15) is 0 Å². The Morgan fingerprint density at radius 1 is 1.22 bits per heavy atom. The number of hydrogen-bond donors (Lipinski definition) is 1. The maximum absolute atomic E-state index is 10.3. The van der Waals surface area contributed by atoms with Crippen molar-refractivity contribution in [1.29, 1.82) is 0 Å². The summed E-state index contributed by atoms with van der Waals surface area (Å²) in [6, 6.07) is 15.3. The minimum Gasteiger partial charge on any atom is -0.393 e. The Kier molecular flexibility index (Phi) is 4.13. The van der Waals surface area contributed by atoms with Crippen LogP contribution >= 0.6 is 11.3 Å². The summed E-state index contributed by atoms with van der Waals surface area (Å²) >= 11 is 1.86.